The molecule has 2 aromatic rings. The summed E-state index contributed by atoms with van der Waals surface area (Å²) >= 11 is 3.12. The molecular formula is C22H31N3O2S2. The van der Waals surface area contributed by atoms with Crippen LogP contribution in [0.2, 0.25) is 0 Å². The normalized spacial score (nSPS) is 18.2. The van der Waals surface area contributed by atoms with Gasteiger partial charge in [-0.1, -0.05) is 37.9 Å². The van der Waals surface area contributed by atoms with E-state index in [4.69, 9.17) is 4.98 Å². The average molecular weight is 434 g/mol. The zero-order chi connectivity index (χ0) is 20.5. The van der Waals surface area contributed by atoms with Crippen LogP contribution in [-0.4, -0.2) is 38.7 Å². The summed E-state index contributed by atoms with van der Waals surface area (Å²) in [5.41, 5.74) is 1.31. The van der Waals surface area contributed by atoms with Crippen molar-refractivity contribution >= 4 is 39.2 Å². The van der Waals surface area contributed by atoms with E-state index in [0.29, 0.717) is 17.7 Å². The molecule has 0 bridgehead atoms. The van der Waals surface area contributed by atoms with Crippen LogP contribution in [0.3, 0.4) is 0 Å². The highest BCUT2D eigenvalue weighted by Crippen LogP contribution is 2.36. The molecule has 5 nitrogen and oxygen atoms in total. The van der Waals surface area contributed by atoms with Crippen molar-refractivity contribution in [3.05, 3.63) is 20.8 Å². The molecular weight excluding hydrogens is 402 g/mol. The smallest absolute Gasteiger partial charge is 0.263 e. The number of aryl methyl sites for hydroxylation is 2. The predicted octanol–water partition coefficient (Wildman–Crippen LogP) is 4.63. The number of thioether (sulfide) groups is 1. The van der Waals surface area contributed by atoms with Gasteiger partial charge in [-0.05, 0) is 51.0 Å². The molecule has 1 amide bonds. The molecule has 0 saturated heterocycles. The summed E-state index contributed by atoms with van der Waals surface area (Å²) in [4.78, 5) is 35.4. The molecule has 2 aromatic heterocycles. The van der Waals surface area contributed by atoms with Gasteiger partial charge < -0.3 is 4.90 Å². The maximum atomic E-state index is 13.3. The van der Waals surface area contributed by atoms with E-state index in [1.807, 2.05) is 23.4 Å². The van der Waals surface area contributed by atoms with E-state index >= 15 is 0 Å². The first-order valence-electron chi connectivity index (χ1n) is 11.0. The molecule has 0 N–H and O–H groups in total. The molecule has 0 aliphatic heterocycles. The molecule has 1 fully saturated rings. The second-order valence-corrected chi connectivity index (χ2v) is 10.8. The molecule has 4 rings (SSSR count). The van der Waals surface area contributed by atoms with Crippen LogP contribution in [0.5, 0.6) is 0 Å². The minimum atomic E-state index is -0.249. The fraction of sp³-hybridized carbons (Fsp3) is 0.682. The lowest BCUT2D eigenvalue weighted by atomic mass is 9.94. The van der Waals surface area contributed by atoms with Crippen LogP contribution in [0.25, 0.3) is 10.2 Å². The standard InChI is InChI=1S/C22H31N3O2S2/c1-4-13-25-21(27)18-16-11-8-12-17(16)29-19(18)23-22(25)28-14(2)20(26)24(3)15-9-6-5-7-10-15/h14-15H,4-13H2,1-3H3. The second kappa shape index (κ2) is 8.80. The first-order valence-corrected chi connectivity index (χ1v) is 12.7. The van der Waals surface area contributed by atoms with E-state index in [1.165, 1.54) is 41.5 Å². The highest BCUT2D eigenvalue weighted by molar-refractivity contribution is 8.00. The van der Waals surface area contributed by atoms with Crippen molar-refractivity contribution < 1.29 is 4.79 Å². The lowest BCUT2D eigenvalue weighted by Gasteiger charge is -2.32. The number of aromatic nitrogens is 2. The van der Waals surface area contributed by atoms with Crippen molar-refractivity contribution in [2.75, 3.05) is 7.05 Å². The van der Waals surface area contributed by atoms with Crippen molar-refractivity contribution in [2.45, 2.75) is 94.6 Å². The summed E-state index contributed by atoms with van der Waals surface area (Å²) in [6.07, 6.45) is 9.97. The van der Waals surface area contributed by atoms with Gasteiger partial charge in [-0.25, -0.2) is 4.98 Å². The van der Waals surface area contributed by atoms with Crippen molar-refractivity contribution in [3.8, 4) is 0 Å². The molecule has 2 aliphatic rings. The van der Waals surface area contributed by atoms with Crippen LogP contribution in [-0.2, 0) is 24.2 Å². The number of amides is 1. The van der Waals surface area contributed by atoms with Gasteiger partial charge in [0.1, 0.15) is 4.83 Å². The Morgan fingerprint density at radius 1 is 1.28 bits per heavy atom. The Morgan fingerprint density at radius 3 is 2.76 bits per heavy atom. The molecule has 2 heterocycles. The topological polar surface area (TPSA) is 55.2 Å². The third kappa shape index (κ3) is 4.00. The largest absolute Gasteiger partial charge is 0.342 e. The number of hydrogen-bond donors (Lipinski definition) is 0. The van der Waals surface area contributed by atoms with Gasteiger partial charge >= 0.3 is 0 Å². The highest BCUT2D eigenvalue weighted by Gasteiger charge is 2.28. The Kier molecular flexibility index (Phi) is 6.35. The maximum absolute atomic E-state index is 13.3. The van der Waals surface area contributed by atoms with Gasteiger partial charge in [-0.3, -0.25) is 14.2 Å². The van der Waals surface area contributed by atoms with Crippen molar-refractivity contribution in [2.24, 2.45) is 0 Å². The van der Waals surface area contributed by atoms with Gasteiger partial charge in [0.25, 0.3) is 5.56 Å². The highest BCUT2D eigenvalue weighted by atomic mass is 32.2. The zero-order valence-electron chi connectivity index (χ0n) is 17.7. The third-order valence-corrected chi connectivity index (χ3v) is 8.60. The van der Waals surface area contributed by atoms with Crippen LogP contribution in [0.1, 0.15) is 69.2 Å². The second-order valence-electron chi connectivity index (χ2n) is 8.39. The quantitative estimate of drug-likeness (QED) is 0.492. The number of carbonyl (C=O) groups is 1. The lowest BCUT2D eigenvalue weighted by Crippen LogP contribution is -2.42. The summed E-state index contributed by atoms with van der Waals surface area (Å²) in [7, 11) is 1.94. The molecule has 1 unspecified atom stereocenters. The molecule has 2 aliphatic carbocycles. The monoisotopic (exact) mass is 433 g/mol. The third-order valence-electron chi connectivity index (χ3n) is 6.34. The molecule has 158 valence electrons. The fourth-order valence-corrected chi connectivity index (χ4v) is 7.05. The Morgan fingerprint density at radius 2 is 2.03 bits per heavy atom. The van der Waals surface area contributed by atoms with E-state index < -0.39 is 0 Å². The van der Waals surface area contributed by atoms with Gasteiger partial charge in [0.15, 0.2) is 5.16 Å². The van der Waals surface area contributed by atoms with E-state index in [1.54, 1.807) is 11.3 Å². The van der Waals surface area contributed by atoms with Crippen LogP contribution >= 0.6 is 23.1 Å². The molecule has 0 spiro atoms. The first kappa shape index (κ1) is 20.9. The first-order chi connectivity index (χ1) is 14.0. The SMILES string of the molecule is CCCn1c(SC(C)C(=O)N(C)C2CCCCC2)nc2sc3c(c2c1=O)CCC3. The minimum absolute atomic E-state index is 0.0824. The van der Waals surface area contributed by atoms with Gasteiger partial charge in [0, 0.05) is 24.5 Å². The van der Waals surface area contributed by atoms with Gasteiger partial charge in [0.05, 0.1) is 10.6 Å². The summed E-state index contributed by atoms with van der Waals surface area (Å²) in [6.45, 7) is 4.68. The Labute approximate surface area is 180 Å². The molecule has 29 heavy (non-hydrogen) atoms. The molecule has 7 heteroatoms. The number of thiophene rings is 1. The van der Waals surface area contributed by atoms with Gasteiger partial charge in [-0.15, -0.1) is 11.3 Å². The van der Waals surface area contributed by atoms with Crippen molar-refractivity contribution in [1.29, 1.82) is 0 Å². The molecule has 1 atom stereocenters. The Balaban J connectivity index is 1.61. The fourth-order valence-electron chi connectivity index (χ4n) is 4.71. The average Bonchev–Trinajstić information content (AvgIpc) is 3.31. The van der Waals surface area contributed by atoms with E-state index in [-0.39, 0.29) is 16.7 Å². The molecule has 0 radical (unpaired) electrons. The maximum Gasteiger partial charge on any atom is 0.263 e. The summed E-state index contributed by atoms with van der Waals surface area (Å²) in [5.74, 6) is 0.146. The lowest BCUT2D eigenvalue weighted by molar-refractivity contribution is -0.131. The number of hydrogen-bond acceptors (Lipinski definition) is 5. The van der Waals surface area contributed by atoms with Crippen molar-refractivity contribution in [1.82, 2.24) is 14.5 Å². The number of carbonyl (C=O) groups excluding carboxylic acids is 1. The number of nitrogens with zero attached hydrogens (tertiary/aromatic N) is 3. The summed E-state index contributed by atoms with van der Waals surface area (Å²) < 4.78 is 1.81. The van der Waals surface area contributed by atoms with Crippen LogP contribution < -0.4 is 5.56 Å². The van der Waals surface area contributed by atoms with E-state index in [2.05, 4.69) is 6.92 Å². The Hall–Kier alpha value is -1.34. The summed E-state index contributed by atoms with van der Waals surface area (Å²) in [6, 6.07) is 0.354. The van der Waals surface area contributed by atoms with E-state index in [9.17, 15) is 9.59 Å². The minimum Gasteiger partial charge on any atom is -0.342 e. The molecule has 0 aromatic carbocycles. The van der Waals surface area contributed by atoms with Crippen LogP contribution in [0.4, 0.5) is 0 Å². The Bertz CT molecular complexity index is 959. The number of fused-ring (bicyclic) bond motifs is 3. The van der Waals surface area contributed by atoms with Crippen LogP contribution in [0.15, 0.2) is 9.95 Å². The molecule has 1 saturated carbocycles. The number of rotatable bonds is 6. The van der Waals surface area contributed by atoms with Gasteiger partial charge in [0.2, 0.25) is 5.91 Å². The van der Waals surface area contributed by atoms with E-state index in [0.717, 1.165) is 48.7 Å². The summed E-state index contributed by atoms with van der Waals surface area (Å²) in [5, 5.41) is 1.28. The van der Waals surface area contributed by atoms with Gasteiger partial charge in [-0.2, -0.15) is 0 Å². The predicted molar refractivity (Wildman–Crippen MR) is 121 cm³/mol. The van der Waals surface area contributed by atoms with Crippen molar-refractivity contribution in [3.63, 3.8) is 0 Å². The van der Waals surface area contributed by atoms with Crippen LogP contribution in [0, 0.1) is 0 Å². The zero-order valence-corrected chi connectivity index (χ0v) is 19.3.